The summed E-state index contributed by atoms with van der Waals surface area (Å²) in [6, 6.07) is 7.68. The van der Waals surface area contributed by atoms with Gasteiger partial charge < -0.3 is 20.9 Å². The minimum Gasteiger partial charge on any atom is -0.354 e. The molecule has 0 amide bonds. The minimum atomic E-state index is 0.00580. The molecule has 1 aromatic carbocycles. The Morgan fingerprint density at radius 3 is 2.32 bits per heavy atom. The predicted molar refractivity (Wildman–Crippen MR) is 116 cm³/mol. The smallest absolute Gasteiger partial charge is 0.205 e. The van der Waals surface area contributed by atoms with E-state index in [0.717, 1.165) is 28.7 Å². The Hall–Kier alpha value is -2.38. The van der Waals surface area contributed by atoms with Crippen LogP contribution in [0.1, 0.15) is 52.3 Å². The summed E-state index contributed by atoms with van der Waals surface area (Å²) < 4.78 is 2.15. The first-order valence-electron chi connectivity index (χ1n) is 9.58. The van der Waals surface area contributed by atoms with Crippen LogP contribution in [-0.4, -0.2) is 32.3 Å². The van der Waals surface area contributed by atoms with E-state index in [1.54, 1.807) is 0 Å². The molecule has 8 heteroatoms. The maximum Gasteiger partial charge on any atom is 0.205 e. The fraction of sp³-hybridized carbons (Fsp3) is 0.450. The van der Waals surface area contributed by atoms with Gasteiger partial charge >= 0.3 is 0 Å². The highest BCUT2D eigenvalue weighted by molar-refractivity contribution is 6.30. The van der Waals surface area contributed by atoms with Crippen molar-refractivity contribution in [1.29, 1.82) is 0 Å². The van der Waals surface area contributed by atoms with Gasteiger partial charge in [0.1, 0.15) is 0 Å². The van der Waals surface area contributed by atoms with Gasteiger partial charge in [0, 0.05) is 29.3 Å². The summed E-state index contributed by atoms with van der Waals surface area (Å²) in [5, 5.41) is 16.4. The van der Waals surface area contributed by atoms with Crippen molar-refractivity contribution in [2.24, 2.45) is 5.73 Å². The topological polar surface area (TPSA) is 93.7 Å². The molecule has 150 valence electrons. The van der Waals surface area contributed by atoms with Crippen LogP contribution in [0.5, 0.6) is 0 Å². The molecule has 1 atom stereocenters. The number of anilines is 3. The molecule has 7 nitrogen and oxygen atoms in total. The van der Waals surface area contributed by atoms with Crippen molar-refractivity contribution in [1.82, 2.24) is 19.7 Å². The van der Waals surface area contributed by atoms with Gasteiger partial charge in [0.25, 0.3) is 0 Å². The maximum absolute atomic E-state index is 6.01. The van der Waals surface area contributed by atoms with Crippen LogP contribution in [0.4, 0.5) is 17.5 Å². The van der Waals surface area contributed by atoms with Crippen LogP contribution in [0.25, 0.3) is 11.4 Å². The molecular weight excluding hydrogens is 374 g/mol. The molecular formula is C20H28ClN7. The third-order valence-corrected chi connectivity index (χ3v) is 4.64. The molecule has 2 aliphatic rings. The molecule has 4 N–H and O–H groups in total. The first-order chi connectivity index (χ1) is 13.3. The van der Waals surface area contributed by atoms with E-state index in [4.69, 9.17) is 22.3 Å². The monoisotopic (exact) mass is 401 g/mol. The first kappa shape index (κ1) is 20.4. The SMILES string of the molecule is CC(N)CNc1nc(Nc2ccc(Cl)cc2)c2nnc(C(C)C)c-2n1C(C)C. The number of nitrogens with two attached hydrogens (primary N) is 1. The number of halogens is 1. The Balaban J connectivity index is 2.16. The van der Waals surface area contributed by atoms with Gasteiger partial charge in [-0.05, 0) is 51.0 Å². The third kappa shape index (κ3) is 4.20. The van der Waals surface area contributed by atoms with Gasteiger partial charge in [-0.2, -0.15) is 10.1 Å². The molecule has 0 aliphatic carbocycles. The van der Waals surface area contributed by atoms with Crippen LogP contribution in [0, 0.1) is 0 Å². The molecule has 0 saturated heterocycles. The second kappa shape index (κ2) is 8.32. The van der Waals surface area contributed by atoms with Crippen molar-refractivity contribution < 1.29 is 0 Å². The lowest BCUT2D eigenvalue weighted by Crippen LogP contribution is -2.28. The van der Waals surface area contributed by atoms with Gasteiger partial charge in [0.15, 0.2) is 11.5 Å². The van der Waals surface area contributed by atoms with E-state index in [2.05, 4.69) is 53.1 Å². The van der Waals surface area contributed by atoms with Gasteiger partial charge in [-0.1, -0.05) is 25.4 Å². The minimum absolute atomic E-state index is 0.00580. The number of nitrogens with one attached hydrogen (secondary N) is 2. The summed E-state index contributed by atoms with van der Waals surface area (Å²) in [7, 11) is 0. The average Bonchev–Trinajstić information content (AvgIpc) is 3.06. The van der Waals surface area contributed by atoms with Gasteiger partial charge in [-0.3, -0.25) is 0 Å². The number of hydrogen-bond acceptors (Lipinski definition) is 6. The first-order valence-corrected chi connectivity index (χ1v) is 9.96. The van der Waals surface area contributed by atoms with Crippen molar-refractivity contribution in [3.63, 3.8) is 0 Å². The molecule has 0 saturated carbocycles. The molecule has 1 aromatic rings. The molecule has 0 bridgehead atoms. The Morgan fingerprint density at radius 1 is 1.07 bits per heavy atom. The van der Waals surface area contributed by atoms with Gasteiger partial charge in [0.05, 0.1) is 11.4 Å². The van der Waals surface area contributed by atoms with Crippen LogP contribution in [-0.2, 0) is 0 Å². The zero-order valence-electron chi connectivity index (χ0n) is 17.0. The van der Waals surface area contributed by atoms with Crippen LogP contribution in [0.2, 0.25) is 5.02 Å². The molecule has 0 spiro atoms. The van der Waals surface area contributed by atoms with Crippen LogP contribution < -0.4 is 16.4 Å². The molecule has 2 aliphatic heterocycles. The summed E-state index contributed by atoms with van der Waals surface area (Å²) in [6.07, 6.45) is 0. The van der Waals surface area contributed by atoms with E-state index in [9.17, 15) is 0 Å². The van der Waals surface area contributed by atoms with Crippen molar-refractivity contribution in [3.8, 4) is 11.4 Å². The average molecular weight is 402 g/mol. The van der Waals surface area contributed by atoms with E-state index >= 15 is 0 Å². The molecule has 3 rings (SSSR count). The summed E-state index contributed by atoms with van der Waals surface area (Å²) in [5.74, 6) is 1.64. The molecule has 2 heterocycles. The summed E-state index contributed by atoms with van der Waals surface area (Å²) >= 11 is 6.01. The van der Waals surface area contributed by atoms with E-state index < -0.39 is 0 Å². The van der Waals surface area contributed by atoms with Gasteiger partial charge in [-0.15, -0.1) is 5.10 Å². The lowest BCUT2D eigenvalue weighted by molar-refractivity contribution is 0.591. The number of aromatic nitrogens is 4. The third-order valence-electron chi connectivity index (χ3n) is 4.39. The van der Waals surface area contributed by atoms with E-state index in [-0.39, 0.29) is 18.0 Å². The Labute approximate surface area is 171 Å². The molecule has 0 fully saturated rings. The highest BCUT2D eigenvalue weighted by Gasteiger charge is 2.28. The van der Waals surface area contributed by atoms with Crippen molar-refractivity contribution in [2.75, 3.05) is 17.2 Å². The summed E-state index contributed by atoms with van der Waals surface area (Å²) in [4.78, 5) is 4.83. The fourth-order valence-electron chi connectivity index (χ4n) is 3.06. The normalized spacial score (nSPS) is 12.8. The maximum atomic E-state index is 6.01. The zero-order chi connectivity index (χ0) is 20.4. The number of rotatable bonds is 7. The fourth-order valence-corrected chi connectivity index (χ4v) is 3.19. The number of benzene rings is 1. The second-order valence-electron chi connectivity index (χ2n) is 7.67. The highest BCUT2D eigenvalue weighted by atomic mass is 35.5. The number of nitrogens with zero attached hydrogens (tertiary/aromatic N) is 4. The largest absolute Gasteiger partial charge is 0.354 e. The Morgan fingerprint density at radius 2 is 1.75 bits per heavy atom. The van der Waals surface area contributed by atoms with Crippen molar-refractivity contribution >= 4 is 29.1 Å². The molecule has 28 heavy (non-hydrogen) atoms. The summed E-state index contributed by atoms with van der Waals surface area (Å²) in [6.45, 7) is 11.1. The van der Waals surface area contributed by atoms with Crippen molar-refractivity contribution in [2.45, 2.75) is 52.6 Å². The van der Waals surface area contributed by atoms with Crippen LogP contribution in [0.15, 0.2) is 24.3 Å². The lowest BCUT2D eigenvalue weighted by Gasteiger charge is -2.25. The molecule has 1 unspecified atom stereocenters. The predicted octanol–water partition coefficient (Wildman–Crippen LogP) is 4.64. The number of hydrogen-bond donors (Lipinski definition) is 3. The Kier molecular flexibility index (Phi) is 6.05. The van der Waals surface area contributed by atoms with Crippen LogP contribution in [0.3, 0.4) is 0 Å². The van der Waals surface area contributed by atoms with E-state index in [1.807, 2.05) is 31.2 Å². The highest BCUT2D eigenvalue weighted by Crippen LogP contribution is 2.38. The van der Waals surface area contributed by atoms with Crippen molar-refractivity contribution in [3.05, 3.63) is 35.0 Å². The number of fused-ring (bicyclic) bond motifs is 1. The summed E-state index contributed by atoms with van der Waals surface area (Å²) in [5.41, 5.74) is 9.53. The molecule has 0 radical (unpaired) electrons. The van der Waals surface area contributed by atoms with Gasteiger partial charge in [-0.25, -0.2) is 0 Å². The standard InChI is InChI=1S/C20H28ClN7/c1-11(2)16-18-17(27-26-16)19(24-15-8-6-14(21)7-9-15)25-20(23-10-13(5)22)28(18)12(3)4/h6-9,11-13,24H,10,22H2,1-5H3,(H,23,25). The molecule has 0 aromatic heterocycles. The second-order valence-corrected chi connectivity index (χ2v) is 8.11. The lowest BCUT2D eigenvalue weighted by atomic mass is 10.1. The Bertz CT molecular complexity index is 900. The van der Waals surface area contributed by atoms with Gasteiger partial charge in [0.2, 0.25) is 5.95 Å². The zero-order valence-corrected chi connectivity index (χ0v) is 17.7. The van der Waals surface area contributed by atoms with E-state index in [1.165, 1.54) is 0 Å². The van der Waals surface area contributed by atoms with E-state index in [0.29, 0.717) is 17.4 Å². The quantitative estimate of drug-likeness (QED) is 0.534. The van der Waals surface area contributed by atoms with Crippen LogP contribution >= 0.6 is 11.6 Å².